The molecule has 4 heterocycles. The highest BCUT2D eigenvalue weighted by atomic mass is 16.1. The summed E-state index contributed by atoms with van der Waals surface area (Å²) in [7, 11) is 0. The molecular weight excluding hydrogens is 326 g/mol. The molecule has 6 nitrogen and oxygen atoms in total. The van der Waals surface area contributed by atoms with Gasteiger partial charge in [-0.15, -0.1) is 0 Å². The number of allylic oxidation sites excluding steroid dienone is 1. The Balaban J connectivity index is 1.62. The minimum Gasteiger partial charge on any atom is -0.300 e. The van der Waals surface area contributed by atoms with Gasteiger partial charge in [-0.1, -0.05) is 6.07 Å². The van der Waals surface area contributed by atoms with Crippen LogP contribution in [-0.2, 0) is 0 Å². The first-order valence-corrected chi connectivity index (χ1v) is 8.25. The summed E-state index contributed by atoms with van der Waals surface area (Å²) in [5.41, 5.74) is 4.16. The zero-order valence-electron chi connectivity index (χ0n) is 14.5. The maximum atomic E-state index is 12.6. The Morgan fingerprint density at radius 2 is 2.00 bits per heavy atom. The number of hydrogen-bond acceptors (Lipinski definition) is 4. The maximum absolute atomic E-state index is 12.6. The van der Waals surface area contributed by atoms with Gasteiger partial charge in [-0.05, 0) is 55.8 Å². The van der Waals surface area contributed by atoms with E-state index in [9.17, 15) is 4.79 Å². The summed E-state index contributed by atoms with van der Waals surface area (Å²) in [6, 6.07) is 9.59. The van der Waals surface area contributed by atoms with E-state index in [1.165, 1.54) is 0 Å². The highest BCUT2D eigenvalue weighted by molar-refractivity contribution is 6.07. The van der Waals surface area contributed by atoms with Crippen molar-refractivity contribution < 1.29 is 4.79 Å². The molecule has 0 aliphatic heterocycles. The van der Waals surface area contributed by atoms with E-state index in [1.54, 1.807) is 35.4 Å². The highest BCUT2D eigenvalue weighted by Gasteiger charge is 2.13. The predicted molar refractivity (Wildman–Crippen MR) is 99.4 cm³/mol. The van der Waals surface area contributed by atoms with Crippen LogP contribution >= 0.6 is 0 Å². The van der Waals surface area contributed by atoms with Gasteiger partial charge < -0.3 is 4.40 Å². The monoisotopic (exact) mass is 343 g/mol. The minimum atomic E-state index is -0.105. The summed E-state index contributed by atoms with van der Waals surface area (Å²) in [4.78, 5) is 21.2. The number of carbonyl (C=O) groups excluding carboxylic acids is 1. The van der Waals surface area contributed by atoms with Crippen molar-refractivity contribution in [1.82, 2.24) is 24.1 Å². The molecule has 0 unspecified atom stereocenters. The molecule has 4 aromatic heterocycles. The highest BCUT2D eigenvalue weighted by Crippen LogP contribution is 2.15. The summed E-state index contributed by atoms with van der Waals surface area (Å²) >= 11 is 0. The molecule has 0 spiro atoms. The molecule has 0 radical (unpaired) electrons. The summed E-state index contributed by atoms with van der Waals surface area (Å²) in [5, 5.41) is 4.29. The molecule has 0 amide bonds. The van der Waals surface area contributed by atoms with Gasteiger partial charge in [0.15, 0.2) is 11.6 Å². The van der Waals surface area contributed by atoms with Crippen LogP contribution in [0.2, 0.25) is 0 Å². The Morgan fingerprint density at radius 3 is 2.81 bits per heavy atom. The first-order chi connectivity index (χ1) is 12.6. The molecule has 0 saturated carbocycles. The number of ketones is 1. The Morgan fingerprint density at radius 1 is 1.12 bits per heavy atom. The first kappa shape index (κ1) is 16.0. The molecule has 4 aromatic rings. The van der Waals surface area contributed by atoms with E-state index in [4.69, 9.17) is 0 Å². The van der Waals surface area contributed by atoms with E-state index in [0.29, 0.717) is 11.4 Å². The average Bonchev–Trinajstić information content (AvgIpc) is 3.23. The van der Waals surface area contributed by atoms with Crippen LogP contribution in [0.5, 0.6) is 0 Å². The van der Waals surface area contributed by atoms with Gasteiger partial charge in [0.1, 0.15) is 5.65 Å². The zero-order chi connectivity index (χ0) is 18.1. The topological polar surface area (TPSA) is 65.1 Å². The molecule has 26 heavy (non-hydrogen) atoms. The molecule has 0 N–H and O–H groups in total. The van der Waals surface area contributed by atoms with Gasteiger partial charge in [-0.25, -0.2) is 14.6 Å². The van der Waals surface area contributed by atoms with Gasteiger partial charge in [0.25, 0.3) is 0 Å². The van der Waals surface area contributed by atoms with Crippen LogP contribution in [0.4, 0.5) is 0 Å². The van der Waals surface area contributed by atoms with Gasteiger partial charge in [0.2, 0.25) is 0 Å². The molecule has 128 valence electrons. The van der Waals surface area contributed by atoms with Crippen LogP contribution in [0.15, 0.2) is 61.2 Å². The van der Waals surface area contributed by atoms with E-state index in [-0.39, 0.29) is 5.78 Å². The fraction of sp³-hybridized carbons (Fsp3) is 0.100. The number of aromatic nitrogens is 5. The second kappa shape index (κ2) is 6.40. The Labute approximate surface area is 150 Å². The lowest BCUT2D eigenvalue weighted by Crippen LogP contribution is -2.03. The molecule has 0 aliphatic rings. The fourth-order valence-corrected chi connectivity index (χ4v) is 2.84. The van der Waals surface area contributed by atoms with Crippen molar-refractivity contribution in [3.8, 4) is 5.82 Å². The molecular formula is C20H17N5O. The van der Waals surface area contributed by atoms with Crippen molar-refractivity contribution in [1.29, 1.82) is 0 Å². The van der Waals surface area contributed by atoms with Crippen LogP contribution in [-0.4, -0.2) is 29.9 Å². The van der Waals surface area contributed by atoms with Crippen LogP contribution < -0.4 is 0 Å². The lowest BCUT2D eigenvalue weighted by atomic mass is 10.1. The van der Waals surface area contributed by atoms with Gasteiger partial charge in [0.05, 0.1) is 29.3 Å². The van der Waals surface area contributed by atoms with Gasteiger partial charge in [-0.3, -0.25) is 4.79 Å². The van der Waals surface area contributed by atoms with Gasteiger partial charge in [-0.2, -0.15) is 5.10 Å². The Bertz CT molecular complexity index is 1120. The predicted octanol–water partition coefficient (Wildman–Crippen LogP) is 3.43. The number of aryl methyl sites for hydroxylation is 1. The van der Waals surface area contributed by atoms with E-state index in [1.807, 2.05) is 54.8 Å². The number of carbonyl (C=O) groups is 1. The van der Waals surface area contributed by atoms with Crippen molar-refractivity contribution in [2.75, 3.05) is 0 Å². The smallest absolute Gasteiger partial charge is 0.189 e. The number of rotatable bonds is 4. The quantitative estimate of drug-likeness (QED) is 0.421. The number of fused-ring (bicyclic) bond motifs is 1. The van der Waals surface area contributed by atoms with Crippen LogP contribution in [0.1, 0.15) is 27.3 Å². The number of nitrogens with zero attached hydrogens (tertiary/aromatic N) is 5. The van der Waals surface area contributed by atoms with Crippen LogP contribution in [0, 0.1) is 13.8 Å². The van der Waals surface area contributed by atoms with Crippen molar-refractivity contribution in [2.24, 2.45) is 0 Å². The van der Waals surface area contributed by atoms with Gasteiger partial charge in [0, 0.05) is 12.4 Å². The molecule has 4 rings (SSSR count). The molecule has 0 atom stereocenters. The second-order valence-corrected chi connectivity index (χ2v) is 6.06. The van der Waals surface area contributed by atoms with Gasteiger partial charge >= 0.3 is 0 Å². The molecule has 0 saturated heterocycles. The summed E-state index contributed by atoms with van der Waals surface area (Å²) < 4.78 is 3.61. The number of imidazole rings is 1. The fourth-order valence-electron chi connectivity index (χ4n) is 2.84. The van der Waals surface area contributed by atoms with E-state index >= 15 is 0 Å². The Hall–Kier alpha value is -3.54. The average molecular weight is 343 g/mol. The van der Waals surface area contributed by atoms with Crippen molar-refractivity contribution >= 4 is 17.5 Å². The van der Waals surface area contributed by atoms with E-state index in [0.717, 1.165) is 22.6 Å². The molecule has 0 aliphatic carbocycles. The van der Waals surface area contributed by atoms with E-state index < -0.39 is 0 Å². The maximum Gasteiger partial charge on any atom is 0.189 e. The lowest BCUT2D eigenvalue weighted by Gasteiger charge is -2.02. The van der Waals surface area contributed by atoms with Crippen molar-refractivity contribution in [3.05, 3.63) is 83.7 Å². The third-order valence-electron chi connectivity index (χ3n) is 4.24. The van der Waals surface area contributed by atoms with Crippen molar-refractivity contribution in [3.63, 3.8) is 0 Å². The Kier molecular flexibility index (Phi) is 3.93. The summed E-state index contributed by atoms with van der Waals surface area (Å²) in [6.45, 7) is 3.88. The number of pyridine rings is 2. The third-order valence-corrected chi connectivity index (χ3v) is 4.24. The number of hydrogen-bond donors (Lipinski definition) is 0. The minimum absolute atomic E-state index is 0.105. The first-order valence-electron chi connectivity index (χ1n) is 8.25. The molecule has 6 heteroatoms. The largest absolute Gasteiger partial charge is 0.300 e. The zero-order valence-corrected chi connectivity index (χ0v) is 14.5. The lowest BCUT2D eigenvalue weighted by molar-refractivity contribution is 0.104. The SMILES string of the molecule is Cc1ccn2c(C=CC(=O)c3cnn(-c4ccccn4)c3C)cnc2c1. The van der Waals surface area contributed by atoms with Crippen molar-refractivity contribution in [2.45, 2.75) is 13.8 Å². The van der Waals surface area contributed by atoms with Crippen LogP contribution in [0.25, 0.3) is 17.5 Å². The normalized spacial score (nSPS) is 11.5. The molecule has 0 fully saturated rings. The third kappa shape index (κ3) is 2.82. The van der Waals surface area contributed by atoms with E-state index in [2.05, 4.69) is 15.1 Å². The standard InChI is InChI=1S/C20H17N5O/c1-14-8-10-24-16(12-22-20(24)11-14)6-7-18(26)17-13-23-25(15(17)2)19-5-3-4-9-21-19/h3-13H,1-2H3. The second-order valence-electron chi connectivity index (χ2n) is 6.06. The molecule has 0 bridgehead atoms. The summed E-state index contributed by atoms with van der Waals surface area (Å²) in [5.74, 6) is 0.580. The summed E-state index contributed by atoms with van der Waals surface area (Å²) in [6.07, 6.45) is 10.3. The molecule has 0 aromatic carbocycles. The van der Waals surface area contributed by atoms with Crippen LogP contribution in [0.3, 0.4) is 0 Å².